The summed E-state index contributed by atoms with van der Waals surface area (Å²) in [6, 6.07) is 28.2. The average Bonchev–Trinajstić information content (AvgIpc) is 2.55. The van der Waals surface area contributed by atoms with E-state index in [1.165, 1.54) is 38.2 Å². The van der Waals surface area contributed by atoms with Crippen LogP contribution in [-0.2, 0) is 0 Å². The van der Waals surface area contributed by atoms with E-state index in [4.69, 9.17) is 0 Å². The first-order chi connectivity index (χ1) is 10.3. The second kappa shape index (κ2) is 4.75. The van der Waals surface area contributed by atoms with Gasteiger partial charge in [0.1, 0.15) is 0 Å². The molecule has 0 heteroatoms. The molecule has 0 aromatic heterocycles. The molecule has 0 aliphatic heterocycles. The van der Waals surface area contributed by atoms with Crippen LogP contribution in [0.3, 0.4) is 0 Å². The first kappa shape index (κ1) is 12.2. The van der Waals surface area contributed by atoms with E-state index < -0.39 is 0 Å². The molecule has 0 fully saturated rings. The van der Waals surface area contributed by atoms with Gasteiger partial charge in [0.05, 0.1) is 0 Å². The Morgan fingerprint density at radius 1 is 0.619 bits per heavy atom. The van der Waals surface area contributed by atoms with Crippen LogP contribution >= 0.6 is 0 Å². The fraction of sp³-hybridized carbons (Fsp3) is 0.0476. The Morgan fingerprint density at radius 3 is 2.14 bits per heavy atom. The highest BCUT2D eigenvalue weighted by molar-refractivity contribution is 6.14. The van der Waals surface area contributed by atoms with Gasteiger partial charge in [0, 0.05) is 0 Å². The van der Waals surface area contributed by atoms with Gasteiger partial charge in [-0.1, -0.05) is 72.8 Å². The Kier molecular flexibility index (Phi) is 2.75. The molecule has 0 spiro atoms. The monoisotopic (exact) mass is 268 g/mol. The number of hydrogen-bond acceptors (Lipinski definition) is 0. The molecule has 4 aromatic carbocycles. The van der Waals surface area contributed by atoms with Crippen molar-refractivity contribution in [1.29, 1.82) is 0 Å². The van der Waals surface area contributed by atoms with E-state index in [1.54, 1.807) is 0 Å². The van der Waals surface area contributed by atoms with Crippen LogP contribution in [0.2, 0.25) is 0 Å². The normalized spacial score (nSPS) is 11.1. The quantitative estimate of drug-likeness (QED) is 0.373. The number of fused-ring (bicyclic) bond motifs is 3. The summed E-state index contributed by atoms with van der Waals surface area (Å²) in [6.07, 6.45) is 0. The molecule has 0 aliphatic carbocycles. The molecule has 100 valence electrons. The molecule has 0 saturated heterocycles. The van der Waals surface area contributed by atoms with E-state index in [1.807, 2.05) is 0 Å². The van der Waals surface area contributed by atoms with Gasteiger partial charge in [0.15, 0.2) is 0 Å². The molecular formula is C21H16. The Bertz CT molecular complexity index is 934. The van der Waals surface area contributed by atoms with Crippen LogP contribution in [0.4, 0.5) is 0 Å². The summed E-state index contributed by atoms with van der Waals surface area (Å²) in [6.45, 7) is 2.19. The third-order valence-electron chi connectivity index (χ3n) is 4.18. The molecule has 0 nitrogen and oxygen atoms in total. The van der Waals surface area contributed by atoms with Crippen LogP contribution in [0.5, 0.6) is 0 Å². The minimum atomic E-state index is 1.28. The molecule has 0 saturated carbocycles. The molecule has 0 bridgehead atoms. The van der Waals surface area contributed by atoms with Crippen molar-refractivity contribution in [1.82, 2.24) is 0 Å². The molecule has 4 aromatic rings. The molecule has 0 aliphatic rings. The maximum absolute atomic E-state index is 2.32. The molecule has 0 radical (unpaired) electrons. The molecule has 0 heterocycles. The van der Waals surface area contributed by atoms with Crippen LogP contribution in [-0.4, -0.2) is 0 Å². The van der Waals surface area contributed by atoms with Crippen molar-refractivity contribution in [2.24, 2.45) is 0 Å². The fourth-order valence-corrected chi connectivity index (χ4v) is 3.20. The molecule has 0 N–H and O–H groups in total. The minimum absolute atomic E-state index is 1.28. The molecule has 21 heavy (non-hydrogen) atoms. The number of rotatable bonds is 1. The lowest BCUT2D eigenvalue weighted by Gasteiger charge is -2.12. The van der Waals surface area contributed by atoms with E-state index in [0.717, 1.165) is 0 Å². The lowest BCUT2D eigenvalue weighted by atomic mass is 9.91. The highest BCUT2D eigenvalue weighted by Crippen LogP contribution is 2.35. The van der Waals surface area contributed by atoms with Crippen molar-refractivity contribution < 1.29 is 0 Å². The van der Waals surface area contributed by atoms with Gasteiger partial charge in [0.25, 0.3) is 0 Å². The standard InChI is InChI=1S/C21H16/c1-15-8-7-11-17-14-20(16-9-3-2-4-10-16)18-12-5-6-13-19(18)21(15)17/h2-14H,1H3. The second-order valence-electron chi connectivity index (χ2n) is 5.51. The Morgan fingerprint density at radius 2 is 1.33 bits per heavy atom. The van der Waals surface area contributed by atoms with Gasteiger partial charge in [-0.3, -0.25) is 0 Å². The number of hydrogen-bond donors (Lipinski definition) is 0. The number of benzene rings is 4. The maximum atomic E-state index is 2.32. The summed E-state index contributed by atoms with van der Waals surface area (Å²) in [5.74, 6) is 0. The largest absolute Gasteiger partial charge is 0.0622 e. The summed E-state index contributed by atoms with van der Waals surface area (Å²) in [5.41, 5.74) is 3.92. The summed E-state index contributed by atoms with van der Waals surface area (Å²) >= 11 is 0. The van der Waals surface area contributed by atoms with Gasteiger partial charge in [-0.15, -0.1) is 0 Å². The lowest BCUT2D eigenvalue weighted by Crippen LogP contribution is -1.86. The smallest absolute Gasteiger partial charge is 0.00757 e. The van der Waals surface area contributed by atoms with E-state index in [-0.39, 0.29) is 0 Å². The summed E-state index contributed by atoms with van der Waals surface area (Å²) < 4.78 is 0. The predicted octanol–water partition coefficient (Wildman–Crippen LogP) is 5.97. The van der Waals surface area contributed by atoms with Crippen LogP contribution in [0, 0.1) is 6.92 Å². The third-order valence-corrected chi connectivity index (χ3v) is 4.18. The Labute approximate surface area is 124 Å². The zero-order valence-corrected chi connectivity index (χ0v) is 12.0. The Balaban J connectivity index is 2.21. The van der Waals surface area contributed by atoms with Gasteiger partial charge in [-0.2, -0.15) is 0 Å². The van der Waals surface area contributed by atoms with E-state index in [2.05, 4.69) is 85.8 Å². The maximum Gasteiger partial charge on any atom is -0.00757 e. The first-order valence-electron chi connectivity index (χ1n) is 7.31. The van der Waals surface area contributed by atoms with Gasteiger partial charge < -0.3 is 0 Å². The van der Waals surface area contributed by atoms with Crippen molar-refractivity contribution in [3.8, 4) is 11.1 Å². The van der Waals surface area contributed by atoms with Crippen LogP contribution < -0.4 is 0 Å². The Hall–Kier alpha value is -2.60. The second-order valence-corrected chi connectivity index (χ2v) is 5.51. The van der Waals surface area contributed by atoms with Crippen molar-refractivity contribution in [2.75, 3.05) is 0 Å². The topological polar surface area (TPSA) is 0 Å². The summed E-state index contributed by atoms with van der Waals surface area (Å²) in [7, 11) is 0. The van der Waals surface area contributed by atoms with Gasteiger partial charge in [0.2, 0.25) is 0 Å². The van der Waals surface area contributed by atoms with E-state index in [9.17, 15) is 0 Å². The van der Waals surface area contributed by atoms with E-state index in [0.29, 0.717) is 0 Å². The van der Waals surface area contributed by atoms with Gasteiger partial charge in [-0.05, 0) is 51.2 Å². The van der Waals surface area contributed by atoms with Gasteiger partial charge >= 0.3 is 0 Å². The summed E-state index contributed by atoms with van der Waals surface area (Å²) in [4.78, 5) is 0. The SMILES string of the molecule is Cc1cccc2cc(-c3ccccc3)c3ccccc3c12. The van der Waals surface area contributed by atoms with E-state index >= 15 is 0 Å². The van der Waals surface area contributed by atoms with Crippen LogP contribution in [0.15, 0.2) is 78.9 Å². The number of aryl methyl sites for hydroxylation is 1. The fourth-order valence-electron chi connectivity index (χ4n) is 3.20. The molecule has 0 amide bonds. The molecular weight excluding hydrogens is 252 g/mol. The molecule has 0 unspecified atom stereocenters. The summed E-state index contributed by atoms with van der Waals surface area (Å²) in [5, 5.41) is 5.35. The molecule has 0 atom stereocenters. The minimum Gasteiger partial charge on any atom is -0.0622 e. The van der Waals surface area contributed by atoms with Crippen molar-refractivity contribution in [3.63, 3.8) is 0 Å². The van der Waals surface area contributed by atoms with Crippen LogP contribution in [0.25, 0.3) is 32.7 Å². The predicted molar refractivity (Wildman–Crippen MR) is 91.6 cm³/mol. The lowest BCUT2D eigenvalue weighted by molar-refractivity contribution is 1.54. The first-order valence-corrected chi connectivity index (χ1v) is 7.31. The third kappa shape index (κ3) is 1.92. The average molecular weight is 268 g/mol. The van der Waals surface area contributed by atoms with Crippen LogP contribution in [0.1, 0.15) is 5.56 Å². The van der Waals surface area contributed by atoms with Crippen molar-refractivity contribution in [2.45, 2.75) is 6.92 Å². The van der Waals surface area contributed by atoms with Gasteiger partial charge in [-0.25, -0.2) is 0 Å². The van der Waals surface area contributed by atoms with Crippen molar-refractivity contribution >= 4 is 21.5 Å². The van der Waals surface area contributed by atoms with Crippen molar-refractivity contribution in [3.05, 3.63) is 84.4 Å². The zero-order chi connectivity index (χ0) is 14.2. The highest BCUT2D eigenvalue weighted by Gasteiger charge is 2.09. The zero-order valence-electron chi connectivity index (χ0n) is 12.0. The molecule has 4 rings (SSSR count). The highest BCUT2D eigenvalue weighted by atomic mass is 14.1.